The molecule has 8 nitrogen and oxygen atoms in total. The number of carbonyl (C=O) groups excluding carboxylic acids is 4. The number of aromatic nitrogens is 1. The Labute approximate surface area is 260 Å². The zero-order valence-corrected chi connectivity index (χ0v) is 27.2. The van der Waals surface area contributed by atoms with Crippen molar-refractivity contribution in [2.24, 2.45) is 11.3 Å². The molecule has 1 aromatic heterocycles. The third kappa shape index (κ3) is 10.3. The largest absolute Gasteiger partial charge is 0.469 e. The number of unbranched alkanes of at least 4 members (excludes halogenated alkanes) is 4. The van der Waals surface area contributed by atoms with E-state index in [1.165, 1.54) is 12.0 Å². The maximum absolute atomic E-state index is 13.8. The highest BCUT2D eigenvalue weighted by molar-refractivity contribution is 7.13. The summed E-state index contributed by atoms with van der Waals surface area (Å²) in [5.41, 5.74) is 4.50. The van der Waals surface area contributed by atoms with Crippen molar-refractivity contribution in [3.8, 4) is 10.4 Å². The Balaban J connectivity index is 1.53. The first-order valence-corrected chi connectivity index (χ1v) is 16.4. The van der Waals surface area contributed by atoms with Gasteiger partial charge in [-0.25, -0.2) is 4.98 Å². The van der Waals surface area contributed by atoms with Crippen LogP contribution in [0.25, 0.3) is 10.4 Å². The number of esters is 1. The molecule has 9 heteroatoms. The van der Waals surface area contributed by atoms with Gasteiger partial charge in [-0.1, -0.05) is 64.3 Å². The first kappa shape index (κ1) is 34.6. The van der Waals surface area contributed by atoms with Gasteiger partial charge >= 0.3 is 5.97 Å². The number of carbonyl (C=O) groups is 4. The summed E-state index contributed by atoms with van der Waals surface area (Å²) in [6, 6.07) is 7.47. The fraction of sp³-hybridized carbons (Fsp3) is 0.618. The number of β-amino-alcohol motifs (C(OH)–C–C–N with tert-alkyl or cyclic N) is 1. The van der Waals surface area contributed by atoms with Crippen LogP contribution >= 0.6 is 11.3 Å². The number of aliphatic hydroxyl groups is 1. The van der Waals surface area contributed by atoms with Gasteiger partial charge < -0.3 is 14.7 Å². The lowest BCUT2D eigenvalue weighted by Gasteiger charge is -2.34. The van der Waals surface area contributed by atoms with Crippen LogP contribution in [0.1, 0.15) is 96.2 Å². The summed E-state index contributed by atoms with van der Waals surface area (Å²) in [4.78, 5) is 58.3. The Kier molecular flexibility index (Phi) is 13.1. The van der Waals surface area contributed by atoms with Crippen molar-refractivity contribution in [2.75, 3.05) is 13.7 Å². The molecule has 0 unspecified atom stereocenters. The van der Waals surface area contributed by atoms with Crippen LogP contribution in [0, 0.1) is 18.3 Å². The molecule has 0 aliphatic carbocycles. The molecule has 1 fully saturated rings. The summed E-state index contributed by atoms with van der Waals surface area (Å²) in [7, 11) is 1.39. The third-order valence-electron chi connectivity index (χ3n) is 8.39. The predicted octanol–water partition coefficient (Wildman–Crippen LogP) is 6.11. The molecule has 3 rings (SSSR count). The smallest absolute Gasteiger partial charge is 0.305 e. The van der Waals surface area contributed by atoms with E-state index < -0.39 is 23.5 Å². The molecule has 1 saturated heterocycles. The summed E-state index contributed by atoms with van der Waals surface area (Å²) < 4.78 is 4.65. The van der Waals surface area contributed by atoms with Gasteiger partial charge in [0, 0.05) is 44.6 Å². The van der Waals surface area contributed by atoms with E-state index in [1.807, 2.05) is 57.5 Å². The predicted molar refractivity (Wildman–Crippen MR) is 169 cm³/mol. The number of nitrogens with zero attached hydrogens (tertiary/aromatic N) is 2. The summed E-state index contributed by atoms with van der Waals surface area (Å²) >= 11 is 1.60. The number of methoxy groups -OCH3 is 1. The number of aryl methyl sites for hydroxylation is 2. The number of rotatable bonds is 16. The molecule has 1 aliphatic rings. The number of likely N-dealkylation sites (tertiary alicyclic amines) is 1. The summed E-state index contributed by atoms with van der Waals surface area (Å²) in [6.07, 6.45) is 5.53. The molecule has 236 valence electrons. The molecular formula is C34H48N2O6S. The van der Waals surface area contributed by atoms with Gasteiger partial charge in [0.1, 0.15) is 5.78 Å². The van der Waals surface area contributed by atoms with Crippen molar-refractivity contribution >= 4 is 34.8 Å². The van der Waals surface area contributed by atoms with Gasteiger partial charge in [0.15, 0.2) is 5.78 Å². The third-order valence-corrected chi connectivity index (χ3v) is 9.37. The molecule has 0 radical (unpaired) electrons. The number of aliphatic hydroxyl groups excluding tert-OH is 1. The van der Waals surface area contributed by atoms with Crippen LogP contribution in [0.3, 0.4) is 0 Å². The van der Waals surface area contributed by atoms with Crippen molar-refractivity contribution in [1.82, 2.24) is 9.88 Å². The molecule has 1 amide bonds. The van der Waals surface area contributed by atoms with Gasteiger partial charge in [-0.2, -0.15) is 0 Å². The Morgan fingerprint density at radius 1 is 1.02 bits per heavy atom. The fourth-order valence-electron chi connectivity index (χ4n) is 5.72. The van der Waals surface area contributed by atoms with E-state index in [1.54, 1.807) is 11.3 Å². The van der Waals surface area contributed by atoms with E-state index >= 15 is 0 Å². The number of ketones is 2. The number of hydrogen-bond acceptors (Lipinski definition) is 8. The first-order chi connectivity index (χ1) is 20.4. The van der Waals surface area contributed by atoms with Gasteiger partial charge in [-0.15, -0.1) is 11.3 Å². The van der Waals surface area contributed by atoms with Gasteiger partial charge in [0.2, 0.25) is 5.91 Å². The summed E-state index contributed by atoms with van der Waals surface area (Å²) in [5.74, 6) is -0.998. The lowest BCUT2D eigenvalue weighted by atomic mass is 9.76. The van der Waals surface area contributed by atoms with Crippen molar-refractivity contribution in [3.63, 3.8) is 0 Å². The Bertz CT molecular complexity index is 1230. The van der Waals surface area contributed by atoms with E-state index in [2.05, 4.69) is 9.72 Å². The zero-order chi connectivity index (χ0) is 31.6. The summed E-state index contributed by atoms with van der Waals surface area (Å²) in [6.45, 7) is 7.95. The number of benzene rings is 1. The minimum atomic E-state index is -0.754. The highest BCUT2D eigenvalue weighted by Crippen LogP contribution is 2.34. The zero-order valence-electron chi connectivity index (χ0n) is 26.4. The normalized spacial score (nSPS) is 17.6. The molecular weight excluding hydrogens is 564 g/mol. The van der Waals surface area contributed by atoms with Crippen LogP contribution in [0.4, 0.5) is 0 Å². The van der Waals surface area contributed by atoms with Crippen LogP contribution in [0.5, 0.6) is 0 Å². The number of ether oxygens (including phenoxy) is 1. The maximum Gasteiger partial charge on any atom is 0.305 e. The number of hydrogen-bond donors (Lipinski definition) is 1. The van der Waals surface area contributed by atoms with E-state index in [0.29, 0.717) is 19.3 Å². The summed E-state index contributed by atoms with van der Waals surface area (Å²) in [5, 5.41) is 10.5. The van der Waals surface area contributed by atoms with Crippen molar-refractivity contribution in [1.29, 1.82) is 0 Å². The second-order valence-electron chi connectivity index (χ2n) is 12.8. The molecule has 2 aromatic rings. The van der Waals surface area contributed by atoms with Crippen LogP contribution in [0.15, 0.2) is 29.8 Å². The second kappa shape index (κ2) is 16.2. The minimum Gasteiger partial charge on any atom is -0.469 e. The van der Waals surface area contributed by atoms with Crippen LogP contribution in [-0.2, 0) is 30.3 Å². The van der Waals surface area contributed by atoms with Crippen LogP contribution in [-0.4, -0.2) is 64.2 Å². The standard InChI is InChI=1S/C34H48N2O6S/c1-23-32(43-22-35-23)25-16-13-24(14-17-25)15-18-30(39)29-20-27(38)21-36(29)33(41)28(34(2,3)4)19-26(37)11-9-7-6-8-10-12-31(40)42-5/h13-14,16-17,22,27-29,38H,6-12,15,18-21H2,1-5H3/t27-,28-,29+/m1/s1. The number of thiazole rings is 1. The van der Waals surface area contributed by atoms with Crippen LogP contribution in [0.2, 0.25) is 0 Å². The van der Waals surface area contributed by atoms with E-state index in [0.717, 1.165) is 53.8 Å². The molecule has 3 atom stereocenters. The molecule has 0 spiro atoms. The van der Waals surface area contributed by atoms with Gasteiger partial charge in [-0.05, 0) is 42.7 Å². The van der Waals surface area contributed by atoms with Gasteiger partial charge in [0.25, 0.3) is 0 Å². The molecule has 2 heterocycles. The Morgan fingerprint density at radius 2 is 1.67 bits per heavy atom. The molecule has 0 bridgehead atoms. The average Bonchev–Trinajstić information content (AvgIpc) is 3.58. The highest BCUT2D eigenvalue weighted by Gasteiger charge is 2.44. The van der Waals surface area contributed by atoms with E-state index in [4.69, 9.17) is 0 Å². The second-order valence-corrected chi connectivity index (χ2v) is 13.7. The minimum absolute atomic E-state index is 0.0439. The fourth-order valence-corrected chi connectivity index (χ4v) is 6.53. The average molecular weight is 613 g/mol. The number of Topliss-reactive ketones (excluding diaryl/α,β-unsaturated/α-hetero) is 2. The van der Waals surface area contributed by atoms with Gasteiger partial charge in [-0.3, -0.25) is 19.2 Å². The lowest BCUT2D eigenvalue weighted by Crippen LogP contribution is -2.47. The maximum atomic E-state index is 13.8. The Hall–Kier alpha value is -2.91. The van der Waals surface area contributed by atoms with Crippen molar-refractivity contribution in [3.05, 3.63) is 41.0 Å². The highest BCUT2D eigenvalue weighted by atomic mass is 32.1. The van der Waals surface area contributed by atoms with Gasteiger partial charge in [0.05, 0.1) is 35.3 Å². The number of amides is 1. The SMILES string of the molecule is COC(=O)CCCCCCCC(=O)C[C@H](C(=O)N1C[C@H](O)C[C@H]1C(=O)CCc1ccc(-c2scnc2C)cc1)C(C)(C)C. The first-order valence-electron chi connectivity index (χ1n) is 15.5. The van der Waals surface area contributed by atoms with Crippen LogP contribution < -0.4 is 0 Å². The molecule has 43 heavy (non-hydrogen) atoms. The topological polar surface area (TPSA) is 114 Å². The molecule has 1 N–H and O–H groups in total. The van der Waals surface area contributed by atoms with E-state index in [-0.39, 0.29) is 49.3 Å². The molecule has 1 aromatic carbocycles. The van der Waals surface area contributed by atoms with E-state index in [9.17, 15) is 24.3 Å². The van der Waals surface area contributed by atoms with Crippen molar-refractivity contribution < 1.29 is 29.0 Å². The monoisotopic (exact) mass is 612 g/mol. The molecule has 1 aliphatic heterocycles. The quantitative estimate of drug-likeness (QED) is 0.180. The van der Waals surface area contributed by atoms with Crippen molar-refractivity contribution in [2.45, 2.75) is 110 Å². The lowest BCUT2D eigenvalue weighted by molar-refractivity contribution is -0.146. The Morgan fingerprint density at radius 3 is 2.28 bits per heavy atom. The molecule has 0 saturated carbocycles.